The summed E-state index contributed by atoms with van der Waals surface area (Å²) in [6.45, 7) is 0.239. The summed E-state index contributed by atoms with van der Waals surface area (Å²) in [5, 5.41) is 10.1. The second kappa shape index (κ2) is 8.52. The molecule has 8 nitrogen and oxygen atoms in total. The summed E-state index contributed by atoms with van der Waals surface area (Å²) < 4.78 is 58.4. The largest absolute Gasteiger partial charge is 0.403 e. The predicted octanol–water partition coefficient (Wildman–Crippen LogP) is 3.05. The van der Waals surface area contributed by atoms with Gasteiger partial charge in [0.05, 0.1) is 10.8 Å². The quantitative estimate of drug-likeness (QED) is 0.643. The molecule has 1 atom stereocenters. The highest BCUT2D eigenvalue weighted by molar-refractivity contribution is 7.89. The lowest BCUT2D eigenvalue weighted by molar-refractivity contribution is -0.121. The van der Waals surface area contributed by atoms with Gasteiger partial charge in [-0.2, -0.15) is 4.31 Å². The van der Waals surface area contributed by atoms with E-state index in [1.54, 1.807) is 0 Å². The van der Waals surface area contributed by atoms with Crippen molar-refractivity contribution in [1.29, 1.82) is 0 Å². The molecule has 1 aliphatic rings. The number of carbonyl (C=O) groups is 1. The first kappa shape index (κ1) is 21.1. The molecule has 0 radical (unpaired) electrons. The van der Waals surface area contributed by atoms with Gasteiger partial charge >= 0.3 is 6.01 Å². The normalized spacial score (nSPS) is 17.4. The summed E-state index contributed by atoms with van der Waals surface area (Å²) in [6, 6.07) is 9.84. The highest BCUT2D eigenvalue weighted by atomic mass is 32.2. The van der Waals surface area contributed by atoms with E-state index in [1.807, 2.05) is 0 Å². The van der Waals surface area contributed by atoms with Crippen molar-refractivity contribution in [2.45, 2.75) is 17.7 Å². The maximum Gasteiger partial charge on any atom is 0.322 e. The third-order valence-corrected chi connectivity index (χ3v) is 6.83. The lowest BCUT2D eigenvalue weighted by atomic mass is 9.99. The summed E-state index contributed by atoms with van der Waals surface area (Å²) in [4.78, 5) is 12.6. The van der Waals surface area contributed by atoms with Crippen LogP contribution in [0.4, 0.5) is 14.8 Å². The molecular formula is C20H18F2N4O4S. The number of hydrogen-bond acceptors (Lipinski definition) is 6. The smallest absolute Gasteiger partial charge is 0.322 e. The number of sulfonamides is 1. The van der Waals surface area contributed by atoms with Gasteiger partial charge in [0.1, 0.15) is 11.6 Å². The van der Waals surface area contributed by atoms with Gasteiger partial charge < -0.3 is 4.42 Å². The molecule has 3 aromatic rings. The van der Waals surface area contributed by atoms with E-state index in [4.69, 9.17) is 4.42 Å². The second-order valence-corrected chi connectivity index (χ2v) is 9.00. The summed E-state index contributed by atoms with van der Waals surface area (Å²) >= 11 is 0. The molecule has 0 aliphatic carbocycles. The van der Waals surface area contributed by atoms with Crippen molar-refractivity contribution in [2.24, 2.45) is 5.92 Å². The van der Waals surface area contributed by atoms with Crippen LogP contribution in [0.3, 0.4) is 0 Å². The number of nitrogens with zero attached hydrogens (tertiary/aromatic N) is 3. The van der Waals surface area contributed by atoms with Crippen molar-refractivity contribution in [1.82, 2.24) is 14.5 Å². The van der Waals surface area contributed by atoms with E-state index in [-0.39, 0.29) is 29.9 Å². The summed E-state index contributed by atoms with van der Waals surface area (Å²) in [7, 11) is -3.85. The van der Waals surface area contributed by atoms with Gasteiger partial charge in [0, 0.05) is 18.7 Å². The zero-order valence-corrected chi connectivity index (χ0v) is 17.0. The Morgan fingerprint density at radius 1 is 1.03 bits per heavy atom. The Balaban J connectivity index is 1.43. The Hall–Kier alpha value is -3.18. The molecule has 1 fully saturated rings. The third-order valence-electron chi connectivity index (χ3n) is 4.95. The molecule has 1 aliphatic heterocycles. The molecular weight excluding hydrogens is 430 g/mol. The molecule has 2 aromatic carbocycles. The molecule has 1 N–H and O–H groups in total. The third kappa shape index (κ3) is 4.62. The lowest BCUT2D eigenvalue weighted by Gasteiger charge is -2.30. The van der Waals surface area contributed by atoms with Crippen LogP contribution in [0.15, 0.2) is 57.8 Å². The van der Waals surface area contributed by atoms with Crippen LogP contribution in [0.5, 0.6) is 0 Å². The molecule has 11 heteroatoms. The van der Waals surface area contributed by atoms with Crippen molar-refractivity contribution in [3.05, 3.63) is 60.2 Å². The topological polar surface area (TPSA) is 105 Å². The van der Waals surface area contributed by atoms with Gasteiger partial charge in [0.25, 0.3) is 0 Å². The molecule has 1 amide bonds. The van der Waals surface area contributed by atoms with Gasteiger partial charge in [-0.3, -0.25) is 10.1 Å². The summed E-state index contributed by atoms with van der Waals surface area (Å²) in [5.74, 6) is -1.90. The number of rotatable bonds is 5. The number of nitrogens with one attached hydrogen (secondary N) is 1. The Bertz CT molecular complexity index is 1180. The van der Waals surface area contributed by atoms with Gasteiger partial charge in [-0.25, -0.2) is 17.2 Å². The maximum absolute atomic E-state index is 13.1. The second-order valence-electron chi connectivity index (χ2n) is 7.06. The van der Waals surface area contributed by atoms with Crippen molar-refractivity contribution in [3.63, 3.8) is 0 Å². The molecule has 1 saturated heterocycles. The summed E-state index contributed by atoms with van der Waals surface area (Å²) in [6.07, 6.45) is 0.976. The zero-order valence-electron chi connectivity index (χ0n) is 16.2. The van der Waals surface area contributed by atoms with E-state index in [9.17, 15) is 22.0 Å². The number of hydrogen-bond donors (Lipinski definition) is 1. The van der Waals surface area contributed by atoms with Crippen LogP contribution in [0.2, 0.25) is 0 Å². The average Bonchev–Trinajstić information content (AvgIpc) is 3.23. The minimum atomic E-state index is -3.85. The monoisotopic (exact) mass is 448 g/mol. The predicted molar refractivity (Wildman–Crippen MR) is 106 cm³/mol. The molecule has 0 saturated carbocycles. The first-order chi connectivity index (χ1) is 14.8. The Morgan fingerprint density at radius 2 is 1.68 bits per heavy atom. The molecule has 31 heavy (non-hydrogen) atoms. The number of aromatic nitrogens is 2. The van der Waals surface area contributed by atoms with Crippen LogP contribution in [0.1, 0.15) is 12.8 Å². The van der Waals surface area contributed by atoms with Crippen LogP contribution >= 0.6 is 0 Å². The fraction of sp³-hybridized carbons (Fsp3) is 0.250. The Labute approximate surface area is 176 Å². The fourth-order valence-electron chi connectivity index (χ4n) is 3.32. The molecule has 1 unspecified atom stereocenters. The van der Waals surface area contributed by atoms with Gasteiger partial charge in [0.15, 0.2) is 0 Å². The van der Waals surface area contributed by atoms with Crippen molar-refractivity contribution in [2.75, 3.05) is 18.4 Å². The van der Waals surface area contributed by atoms with E-state index in [2.05, 4.69) is 15.5 Å². The van der Waals surface area contributed by atoms with Crippen LogP contribution in [-0.2, 0) is 14.8 Å². The number of piperidine rings is 1. The highest BCUT2D eigenvalue weighted by Gasteiger charge is 2.33. The van der Waals surface area contributed by atoms with Crippen LogP contribution in [0.25, 0.3) is 11.5 Å². The van der Waals surface area contributed by atoms with Gasteiger partial charge in [-0.1, -0.05) is 5.10 Å². The lowest BCUT2D eigenvalue weighted by Crippen LogP contribution is -2.43. The standard InChI is InChI=1S/C20H18F2N4O4S/c21-15-5-3-13(4-6-15)19-24-25-20(30-19)23-18(27)14-2-1-11-26(12-14)31(28,29)17-9-7-16(22)8-10-17/h3-10,14H,1-2,11-12H2,(H,23,25,27). The van der Waals surface area contributed by atoms with Crippen LogP contribution in [-0.4, -0.2) is 41.9 Å². The van der Waals surface area contributed by atoms with E-state index in [1.165, 1.54) is 40.7 Å². The minimum absolute atomic E-state index is 0.0233. The first-order valence-corrected chi connectivity index (χ1v) is 10.9. The van der Waals surface area contributed by atoms with E-state index >= 15 is 0 Å². The van der Waals surface area contributed by atoms with Crippen molar-refractivity contribution >= 4 is 21.9 Å². The highest BCUT2D eigenvalue weighted by Crippen LogP contribution is 2.26. The Kier molecular flexibility index (Phi) is 5.79. The molecule has 0 bridgehead atoms. The fourth-order valence-corrected chi connectivity index (χ4v) is 4.84. The zero-order chi connectivity index (χ0) is 22.0. The number of anilines is 1. The number of amides is 1. The number of carbonyl (C=O) groups excluding carboxylic acids is 1. The SMILES string of the molecule is O=C(Nc1nnc(-c2ccc(F)cc2)o1)C1CCCN(S(=O)(=O)c2ccc(F)cc2)C1. The molecule has 162 valence electrons. The van der Waals surface area contributed by atoms with Crippen LogP contribution in [0, 0.1) is 17.6 Å². The average molecular weight is 448 g/mol. The molecule has 4 rings (SSSR count). The van der Waals surface area contributed by atoms with Gasteiger partial charge in [-0.15, -0.1) is 5.10 Å². The van der Waals surface area contributed by atoms with E-state index in [0.29, 0.717) is 18.4 Å². The van der Waals surface area contributed by atoms with E-state index in [0.717, 1.165) is 12.1 Å². The molecule has 2 heterocycles. The van der Waals surface area contributed by atoms with Crippen molar-refractivity contribution < 1.29 is 26.4 Å². The van der Waals surface area contributed by atoms with Crippen LogP contribution < -0.4 is 5.32 Å². The maximum atomic E-state index is 13.1. The summed E-state index contributed by atoms with van der Waals surface area (Å²) in [5.41, 5.74) is 0.489. The van der Waals surface area contributed by atoms with E-state index < -0.39 is 33.5 Å². The number of benzene rings is 2. The first-order valence-electron chi connectivity index (χ1n) is 9.49. The van der Waals surface area contributed by atoms with Crippen molar-refractivity contribution in [3.8, 4) is 11.5 Å². The molecule has 0 spiro atoms. The van der Waals surface area contributed by atoms with Gasteiger partial charge in [0.2, 0.25) is 21.8 Å². The van der Waals surface area contributed by atoms with Gasteiger partial charge in [-0.05, 0) is 61.4 Å². The minimum Gasteiger partial charge on any atom is -0.403 e. The Morgan fingerprint density at radius 3 is 2.35 bits per heavy atom. The number of halogens is 2. The molecule has 1 aromatic heterocycles.